The Morgan fingerprint density at radius 3 is 2.67 bits per heavy atom. The monoisotopic (exact) mass is 336 g/mol. The van der Waals surface area contributed by atoms with Gasteiger partial charge in [-0.25, -0.2) is 4.98 Å². The van der Waals surface area contributed by atoms with Crippen molar-refractivity contribution in [1.82, 2.24) is 4.98 Å². The Hall–Kier alpha value is -1.21. The molecular formula is C16H14Cl2N2S. The number of thioether (sulfide) groups is 1. The second kappa shape index (κ2) is 7.70. The van der Waals surface area contributed by atoms with Gasteiger partial charge in [0.25, 0.3) is 0 Å². The molecule has 0 aliphatic rings. The summed E-state index contributed by atoms with van der Waals surface area (Å²) in [7, 11) is 0. The summed E-state index contributed by atoms with van der Waals surface area (Å²) in [4.78, 5) is 4.57. The Kier molecular flexibility index (Phi) is 5.93. The van der Waals surface area contributed by atoms with Crippen molar-refractivity contribution in [2.24, 2.45) is 0 Å². The van der Waals surface area contributed by atoms with Gasteiger partial charge in [0.1, 0.15) is 11.1 Å². The van der Waals surface area contributed by atoms with E-state index in [-0.39, 0.29) is 0 Å². The van der Waals surface area contributed by atoms with Crippen LogP contribution in [0.5, 0.6) is 0 Å². The fraction of sp³-hybridized carbons (Fsp3) is 0.250. The third-order valence-electron chi connectivity index (χ3n) is 2.90. The summed E-state index contributed by atoms with van der Waals surface area (Å²) in [6.45, 7) is 2.11. The zero-order chi connectivity index (χ0) is 15.2. The fourth-order valence-electron chi connectivity index (χ4n) is 1.85. The lowest BCUT2D eigenvalue weighted by Crippen LogP contribution is -1.94. The van der Waals surface area contributed by atoms with Crippen LogP contribution >= 0.6 is 35.0 Å². The van der Waals surface area contributed by atoms with E-state index in [0.717, 1.165) is 29.1 Å². The second-order valence-electron chi connectivity index (χ2n) is 4.55. The first-order valence-electron chi connectivity index (χ1n) is 6.60. The molecule has 0 bridgehead atoms. The quantitative estimate of drug-likeness (QED) is 0.676. The molecule has 21 heavy (non-hydrogen) atoms. The molecule has 0 N–H and O–H groups in total. The standard InChI is InChI=1S/C16H14Cl2N2S/c1-2-3-13-6-5-12(9-19)16(20-13)21-10-11-4-7-14(17)15(18)8-11/h4-8H,2-3,10H2,1H3. The summed E-state index contributed by atoms with van der Waals surface area (Å²) >= 11 is 13.5. The number of hydrogen-bond acceptors (Lipinski definition) is 3. The number of nitriles is 1. The van der Waals surface area contributed by atoms with Gasteiger partial charge in [-0.15, -0.1) is 11.8 Å². The van der Waals surface area contributed by atoms with E-state index in [0.29, 0.717) is 21.4 Å². The number of pyridine rings is 1. The van der Waals surface area contributed by atoms with Gasteiger partial charge < -0.3 is 0 Å². The molecule has 1 heterocycles. The van der Waals surface area contributed by atoms with Crippen molar-refractivity contribution in [2.45, 2.75) is 30.5 Å². The van der Waals surface area contributed by atoms with E-state index in [1.165, 1.54) is 0 Å². The Morgan fingerprint density at radius 1 is 1.19 bits per heavy atom. The van der Waals surface area contributed by atoms with Crippen molar-refractivity contribution in [2.75, 3.05) is 0 Å². The highest BCUT2D eigenvalue weighted by atomic mass is 35.5. The highest BCUT2D eigenvalue weighted by molar-refractivity contribution is 7.98. The van der Waals surface area contributed by atoms with Crippen molar-refractivity contribution in [1.29, 1.82) is 5.26 Å². The highest BCUT2D eigenvalue weighted by Crippen LogP contribution is 2.28. The molecule has 108 valence electrons. The molecule has 1 aromatic carbocycles. The summed E-state index contributed by atoms with van der Waals surface area (Å²) in [5.74, 6) is 0.703. The van der Waals surface area contributed by atoms with E-state index in [1.54, 1.807) is 17.8 Å². The molecular weight excluding hydrogens is 323 g/mol. The van der Waals surface area contributed by atoms with Crippen molar-refractivity contribution < 1.29 is 0 Å². The van der Waals surface area contributed by atoms with E-state index >= 15 is 0 Å². The predicted octanol–water partition coefficient (Wildman–Crippen LogP) is 5.50. The van der Waals surface area contributed by atoms with Crippen LogP contribution in [0.15, 0.2) is 35.4 Å². The number of rotatable bonds is 5. The maximum absolute atomic E-state index is 9.18. The van der Waals surface area contributed by atoms with Crippen LogP contribution in [0.25, 0.3) is 0 Å². The van der Waals surface area contributed by atoms with Crippen LogP contribution in [0, 0.1) is 11.3 Å². The van der Waals surface area contributed by atoms with E-state index in [2.05, 4.69) is 18.0 Å². The Bertz CT molecular complexity index is 680. The molecule has 0 atom stereocenters. The highest BCUT2D eigenvalue weighted by Gasteiger charge is 2.07. The zero-order valence-corrected chi connectivity index (χ0v) is 13.9. The van der Waals surface area contributed by atoms with E-state index in [4.69, 9.17) is 23.2 Å². The van der Waals surface area contributed by atoms with Crippen LogP contribution in [0.4, 0.5) is 0 Å². The largest absolute Gasteiger partial charge is 0.245 e. The minimum atomic E-state index is 0.544. The number of aromatic nitrogens is 1. The predicted molar refractivity (Wildman–Crippen MR) is 89.0 cm³/mol. The lowest BCUT2D eigenvalue weighted by atomic mass is 10.2. The fourth-order valence-corrected chi connectivity index (χ4v) is 3.10. The molecule has 2 rings (SSSR count). The van der Waals surface area contributed by atoms with E-state index in [1.807, 2.05) is 24.3 Å². The molecule has 0 saturated heterocycles. The summed E-state index contributed by atoms with van der Waals surface area (Å²) in [6, 6.07) is 11.5. The normalized spacial score (nSPS) is 10.4. The number of aryl methyl sites for hydroxylation is 1. The van der Waals surface area contributed by atoms with Gasteiger partial charge in [0, 0.05) is 11.4 Å². The van der Waals surface area contributed by atoms with Crippen molar-refractivity contribution in [3.8, 4) is 6.07 Å². The average Bonchev–Trinajstić information content (AvgIpc) is 2.49. The lowest BCUT2D eigenvalue weighted by molar-refractivity contribution is 0.858. The molecule has 0 saturated carbocycles. The first kappa shape index (κ1) is 16.2. The van der Waals surface area contributed by atoms with E-state index in [9.17, 15) is 5.26 Å². The minimum absolute atomic E-state index is 0.544. The minimum Gasteiger partial charge on any atom is -0.245 e. The zero-order valence-electron chi connectivity index (χ0n) is 11.6. The molecule has 0 spiro atoms. The smallest absolute Gasteiger partial charge is 0.114 e. The third kappa shape index (κ3) is 4.38. The summed E-state index contributed by atoms with van der Waals surface area (Å²) < 4.78 is 0. The SMILES string of the molecule is CCCc1ccc(C#N)c(SCc2ccc(Cl)c(Cl)c2)n1. The first-order valence-corrected chi connectivity index (χ1v) is 8.35. The molecule has 2 nitrogen and oxygen atoms in total. The van der Waals surface area contributed by atoms with Gasteiger partial charge >= 0.3 is 0 Å². The lowest BCUT2D eigenvalue weighted by Gasteiger charge is -2.07. The van der Waals surface area contributed by atoms with Gasteiger partial charge in [0.15, 0.2) is 0 Å². The number of benzene rings is 1. The molecule has 1 aromatic heterocycles. The molecule has 5 heteroatoms. The summed E-state index contributed by atoms with van der Waals surface area (Å²) in [5.41, 5.74) is 2.69. The van der Waals surface area contributed by atoms with Crippen LogP contribution in [-0.4, -0.2) is 4.98 Å². The van der Waals surface area contributed by atoms with E-state index < -0.39 is 0 Å². The first-order chi connectivity index (χ1) is 10.1. The topological polar surface area (TPSA) is 36.7 Å². The number of hydrogen-bond donors (Lipinski definition) is 0. The van der Waals surface area contributed by atoms with Gasteiger partial charge in [-0.3, -0.25) is 0 Å². The molecule has 0 aliphatic heterocycles. The second-order valence-corrected chi connectivity index (χ2v) is 6.33. The molecule has 0 radical (unpaired) electrons. The Morgan fingerprint density at radius 2 is 2.00 bits per heavy atom. The van der Waals surface area contributed by atoms with Gasteiger partial charge in [-0.1, -0.05) is 42.6 Å². The van der Waals surface area contributed by atoms with Crippen LogP contribution < -0.4 is 0 Å². The maximum Gasteiger partial charge on any atom is 0.114 e. The molecule has 0 aliphatic carbocycles. The van der Waals surface area contributed by atoms with Crippen molar-refractivity contribution in [3.05, 3.63) is 57.2 Å². The summed E-state index contributed by atoms with van der Waals surface area (Å²) in [6.07, 6.45) is 1.96. The van der Waals surface area contributed by atoms with Crippen LogP contribution in [-0.2, 0) is 12.2 Å². The van der Waals surface area contributed by atoms with Gasteiger partial charge in [0.2, 0.25) is 0 Å². The van der Waals surface area contributed by atoms with Gasteiger partial charge in [-0.2, -0.15) is 5.26 Å². The van der Waals surface area contributed by atoms with Crippen molar-refractivity contribution >= 4 is 35.0 Å². The maximum atomic E-state index is 9.18. The van der Waals surface area contributed by atoms with Gasteiger partial charge in [0.05, 0.1) is 15.6 Å². The number of nitrogens with zero attached hydrogens (tertiary/aromatic N) is 2. The van der Waals surface area contributed by atoms with Crippen LogP contribution in [0.2, 0.25) is 10.0 Å². The van der Waals surface area contributed by atoms with Crippen molar-refractivity contribution in [3.63, 3.8) is 0 Å². The Labute approximate surface area is 139 Å². The molecule has 0 amide bonds. The van der Waals surface area contributed by atoms with Crippen LogP contribution in [0.1, 0.15) is 30.2 Å². The molecule has 0 fully saturated rings. The molecule has 2 aromatic rings. The Balaban J connectivity index is 2.16. The molecule has 0 unspecified atom stereocenters. The third-order valence-corrected chi connectivity index (χ3v) is 4.71. The van der Waals surface area contributed by atoms with Crippen LogP contribution in [0.3, 0.4) is 0 Å². The summed E-state index contributed by atoms with van der Waals surface area (Å²) in [5, 5.41) is 11.0. The average molecular weight is 337 g/mol. The number of halogens is 2. The van der Waals surface area contributed by atoms with Gasteiger partial charge in [-0.05, 0) is 36.2 Å².